The average Bonchev–Trinajstić information content (AvgIpc) is 2.49. The minimum Gasteiger partial charge on any atom is -0.495 e. The van der Waals surface area contributed by atoms with Gasteiger partial charge in [0.25, 0.3) is 0 Å². The molecule has 0 saturated heterocycles. The number of ether oxygens (including phenoxy) is 1. The largest absolute Gasteiger partial charge is 0.495 e. The van der Waals surface area contributed by atoms with Gasteiger partial charge in [0.1, 0.15) is 5.75 Å². The zero-order valence-corrected chi connectivity index (χ0v) is 11.9. The highest BCUT2D eigenvalue weighted by molar-refractivity contribution is 5.58. The molecule has 0 aliphatic heterocycles. The molecule has 1 N–H and O–H groups in total. The molecule has 0 spiro atoms. The lowest BCUT2D eigenvalue weighted by molar-refractivity contribution is 0.178. The van der Waals surface area contributed by atoms with Crippen LogP contribution in [-0.2, 0) is 0 Å². The van der Waals surface area contributed by atoms with Crippen molar-refractivity contribution in [1.82, 2.24) is 0 Å². The van der Waals surface area contributed by atoms with Crippen LogP contribution in [0.1, 0.15) is 11.7 Å². The van der Waals surface area contributed by atoms with Gasteiger partial charge in [-0.1, -0.05) is 24.3 Å². The van der Waals surface area contributed by atoms with Crippen LogP contribution in [-0.4, -0.2) is 25.8 Å². The fourth-order valence-electron chi connectivity index (χ4n) is 2.18. The van der Waals surface area contributed by atoms with Crippen molar-refractivity contribution in [2.24, 2.45) is 0 Å². The van der Waals surface area contributed by atoms with Crippen LogP contribution in [0, 0.1) is 11.6 Å². The van der Waals surface area contributed by atoms with Crippen LogP contribution in [0.3, 0.4) is 0 Å². The lowest BCUT2D eigenvalue weighted by atomic mass is 10.1. The summed E-state index contributed by atoms with van der Waals surface area (Å²) in [5.41, 5.74) is 0.701. The van der Waals surface area contributed by atoms with Gasteiger partial charge in [-0.25, -0.2) is 8.78 Å². The van der Waals surface area contributed by atoms with Gasteiger partial charge in [-0.3, -0.25) is 0 Å². The molecular weight excluding hydrogens is 276 g/mol. The number of para-hydroxylation sites is 2. The van der Waals surface area contributed by atoms with Crippen molar-refractivity contribution in [2.45, 2.75) is 6.10 Å². The molecule has 3 nitrogen and oxygen atoms in total. The molecule has 0 saturated carbocycles. The van der Waals surface area contributed by atoms with Crippen molar-refractivity contribution in [3.8, 4) is 5.75 Å². The Hall–Kier alpha value is -2.14. The predicted octanol–water partition coefficient (Wildman–Crippen LogP) is 3.14. The molecule has 0 bridgehead atoms. The normalized spacial score (nSPS) is 12.0. The van der Waals surface area contributed by atoms with E-state index in [1.165, 1.54) is 12.1 Å². The third-order valence-corrected chi connectivity index (χ3v) is 3.28. The third-order valence-electron chi connectivity index (χ3n) is 3.28. The molecule has 112 valence electrons. The molecule has 2 aromatic carbocycles. The van der Waals surface area contributed by atoms with Crippen molar-refractivity contribution in [3.05, 3.63) is 59.7 Å². The number of aliphatic hydroxyl groups is 1. The molecule has 21 heavy (non-hydrogen) atoms. The maximum absolute atomic E-state index is 13.7. The Balaban J connectivity index is 2.19. The summed E-state index contributed by atoms with van der Waals surface area (Å²) in [7, 11) is 3.30. The number of likely N-dealkylation sites (N-methyl/N-ethyl adjacent to an activating group) is 1. The molecule has 0 aromatic heterocycles. The summed E-state index contributed by atoms with van der Waals surface area (Å²) in [4.78, 5) is 1.73. The minimum atomic E-state index is -1.14. The predicted molar refractivity (Wildman–Crippen MR) is 77.6 cm³/mol. The SMILES string of the molecule is COc1ccccc1N(C)CC(O)c1cccc(F)c1F. The van der Waals surface area contributed by atoms with E-state index in [1.807, 2.05) is 18.2 Å². The number of hydrogen-bond acceptors (Lipinski definition) is 3. The van der Waals surface area contributed by atoms with E-state index in [-0.39, 0.29) is 12.1 Å². The number of halogens is 2. The molecule has 2 aromatic rings. The number of nitrogens with zero attached hydrogens (tertiary/aromatic N) is 1. The average molecular weight is 293 g/mol. The van der Waals surface area contributed by atoms with Crippen molar-refractivity contribution >= 4 is 5.69 Å². The molecule has 0 amide bonds. The second-order valence-electron chi connectivity index (χ2n) is 4.71. The van der Waals surface area contributed by atoms with Crippen molar-refractivity contribution in [1.29, 1.82) is 0 Å². The van der Waals surface area contributed by atoms with Gasteiger partial charge in [0, 0.05) is 19.2 Å². The highest BCUT2D eigenvalue weighted by atomic mass is 19.2. The Kier molecular flexibility index (Phi) is 4.75. The molecule has 2 rings (SSSR count). The van der Waals surface area contributed by atoms with Crippen molar-refractivity contribution in [3.63, 3.8) is 0 Å². The van der Waals surface area contributed by atoms with Gasteiger partial charge < -0.3 is 14.7 Å². The Morgan fingerprint density at radius 1 is 1.14 bits per heavy atom. The molecule has 0 heterocycles. The zero-order valence-electron chi connectivity index (χ0n) is 11.9. The molecule has 0 aliphatic carbocycles. The highest BCUT2D eigenvalue weighted by Gasteiger charge is 2.18. The summed E-state index contributed by atoms with van der Waals surface area (Å²) in [6.07, 6.45) is -1.14. The summed E-state index contributed by atoms with van der Waals surface area (Å²) >= 11 is 0. The molecule has 5 heteroatoms. The first-order chi connectivity index (χ1) is 10.0. The second kappa shape index (κ2) is 6.54. The smallest absolute Gasteiger partial charge is 0.164 e. The first-order valence-electron chi connectivity index (χ1n) is 6.50. The molecule has 1 atom stereocenters. The Labute approximate surface area is 122 Å². The number of aliphatic hydroxyl groups excluding tert-OH is 1. The topological polar surface area (TPSA) is 32.7 Å². The van der Waals surface area contributed by atoms with Crippen molar-refractivity contribution in [2.75, 3.05) is 25.6 Å². The Bertz CT molecular complexity index is 619. The standard InChI is InChI=1S/C16H17F2NO2/c1-19(13-8-3-4-9-15(13)21-2)10-14(20)11-6-5-7-12(17)16(11)18/h3-9,14,20H,10H2,1-2H3. The number of methoxy groups -OCH3 is 1. The zero-order chi connectivity index (χ0) is 15.4. The quantitative estimate of drug-likeness (QED) is 0.919. The number of rotatable bonds is 5. The van der Waals surface area contributed by atoms with Crippen molar-refractivity contribution < 1.29 is 18.6 Å². The van der Waals surface area contributed by atoms with Gasteiger partial charge in [0.15, 0.2) is 11.6 Å². The van der Waals surface area contributed by atoms with E-state index in [2.05, 4.69) is 0 Å². The lowest BCUT2D eigenvalue weighted by Gasteiger charge is -2.24. The Morgan fingerprint density at radius 2 is 1.86 bits per heavy atom. The van der Waals surface area contributed by atoms with Gasteiger partial charge in [0.05, 0.1) is 18.9 Å². The van der Waals surface area contributed by atoms with E-state index < -0.39 is 17.7 Å². The number of benzene rings is 2. The van der Waals surface area contributed by atoms with Crippen LogP contribution in [0.15, 0.2) is 42.5 Å². The van der Waals surface area contributed by atoms with E-state index >= 15 is 0 Å². The van der Waals surface area contributed by atoms with Gasteiger partial charge in [-0.05, 0) is 18.2 Å². The first-order valence-corrected chi connectivity index (χ1v) is 6.50. The third kappa shape index (κ3) is 3.31. The molecular formula is C16H17F2NO2. The van der Waals surface area contributed by atoms with Gasteiger partial charge in [0.2, 0.25) is 0 Å². The highest BCUT2D eigenvalue weighted by Crippen LogP contribution is 2.28. The number of anilines is 1. The van der Waals surface area contributed by atoms with E-state index in [9.17, 15) is 13.9 Å². The summed E-state index contributed by atoms with van der Waals surface area (Å²) in [5.74, 6) is -1.34. The second-order valence-corrected chi connectivity index (χ2v) is 4.71. The maximum Gasteiger partial charge on any atom is 0.164 e. The van der Waals surface area contributed by atoms with Crippen LogP contribution in [0.25, 0.3) is 0 Å². The Morgan fingerprint density at radius 3 is 2.57 bits per heavy atom. The minimum absolute atomic E-state index is 0.0586. The monoisotopic (exact) mass is 293 g/mol. The fraction of sp³-hybridized carbons (Fsp3) is 0.250. The summed E-state index contributed by atoms with van der Waals surface area (Å²) in [6.45, 7) is 0.112. The van der Waals surface area contributed by atoms with E-state index in [1.54, 1.807) is 25.1 Å². The van der Waals surface area contributed by atoms with E-state index in [0.29, 0.717) is 5.75 Å². The van der Waals surface area contributed by atoms with Crippen LogP contribution >= 0.6 is 0 Å². The van der Waals surface area contributed by atoms with E-state index in [0.717, 1.165) is 11.8 Å². The van der Waals surface area contributed by atoms with E-state index in [4.69, 9.17) is 4.74 Å². The fourth-order valence-corrected chi connectivity index (χ4v) is 2.18. The molecule has 0 aliphatic rings. The summed E-state index contributed by atoms with van der Waals surface area (Å²) in [5, 5.41) is 10.1. The van der Waals surface area contributed by atoms with Crippen LogP contribution < -0.4 is 9.64 Å². The maximum atomic E-state index is 13.7. The summed E-state index contributed by atoms with van der Waals surface area (Å²) < 4.78 is 32.1. The number of hydrogen-bond donors (Lipinski definition) is 1. The van der Waals surface area contributed by atoms with Crippen LogP contribution in [0.5, 0.6) is 5.75 Å². The van der Waals surface area contributed by atoms with Gasteiger partial charge in [-0.2, -0.15) is 0 Å². The van der Waals surface area contributed by atoms with Crippen LogP contribution in [0.4, 0.5) is 14.5 Å². The lowest BCUT2D eigenvalue weighted by Crippen LogP contribution is -2.25. The first kappa shape index (κ1) is 15.3. The molecule has 1 unspecified atom stereocenters. The summed E-state index contributed by atoms with van der Waals surface area (Å²) in [6, 6.07) is 11.1. The van der Waals surface area contributed by atoms with Crippen LogP contribution in [0.2, 0.25) is 0 Å². The van der Waals surface area contributed by atoms with Gasteiger partial charge >= 0.3 is 0 Å². The van der Waals surface area contributed by atoms with Gasteiger partial charge in [-0.15, -0.1) is 0 Å². The molecule has 0 radical (unpaired) electrons. The molecule has 0 fully saturated rings.